The number of hydrogen-bond donors (Lipinski definition) is 1. The fraction of sp³-hybridized carbons (Fsp3) is 0.538. The molecule has 4 nitrogen and oxygen atoms in total. The number of rotatable bonds is 4. The lowest BCUT2D eigenvalue weighted by atomic mass is 10.1. The monoisotopic (exact) mass is 321 g/mol. The van der Waals surface area contributed by atoms with Crippen LogP contribution in [-0.2, 0) is 0 Å². The highest BCUT2D eigenvalue weighted by Gasteiger charge is 2.34. The van der Waals surface area contributed by atoms with E-state index in [1.165, 1.54) is 23.4 Å². The third-order valence-corrected chi connectivity index (χ3v) is 3.64. The van der Waals surface area contributed by atoms with Crippen molar-refractivity contribution in [1.29, 1.82) is 0 Å². The standard InChI is InChI=1S/C13H15ClF3N3O/c14-11-6-18-3-1-10(11)12(21)19-5-9-2-4-20(7-9)8-13(15,16)17/h1,3,6,9H,2,4-5,7-8H2,(H,19,21). The highest BCUT2D eigenvalue weighted by molar-refractivity contribution is 6.33. The number of carbonyl (C=O) groups excluding carboxylic acids is 1. The van der Waals surface area contributed by atoms with Gasteiger partial charge in [-0.2, -0.15) is 13.2 Å². The minimum absolute atomic E-state index is 0.0249. The Kier molecular flexibility index (Phi) is 5.05. The average Bonchev–Trinajstić information content (AvgIpc) is 2.82. The average molecular weight is 322 g/mol. The Balaban J connectivity index is 1.80. The summed E-state index contributed by atoms with van der Waals surface area (Å²) >= 11 is 5.85. The van der Waals surface area contributed by atoms with Gasteiger partial charge in [0.25, 0.3) is 5.91 Å². The molecule has 2 rings (SSSR count). The number of nitrogens with zero attached hydrogens (tertiary/aromatic N) is 2. The van der Waals surface area contributed by atoms with Gasteiger partial charge in [-0.1, -0.05) is 11.6 Å². The highest BCUT2D eigenvalue weighted by atomic mass is 35.5. The predicted octanol–water partition coefficient (Wildman–Crippen LogP) is 2.35. The van der Waals surface area contributed by atoms with Crippen LogP contribution in [0.15, 0.2) is 18.5 Å². The van der Waals surface area contributed by atoms with Gasteiger partial charge in [-0.05, 0) is 24.9 Å². The summed E-state index contributed by atoms with van der Waals surface area (Å²) in [5, 5.41) is 2.96. The molecule has 0 bridgehead atoms. The Morgan fingerprint density at radius 2 is 2.29 bits per heavy atom. The van der Waals surface area contributed by atoms with Crippen LogP contribution in [0.2, 0.25) is 5.02 Å². The second-order valence-corrected chi connectivity index (χ2v) is 5.48. The lowest BCUT2D eigenvalue weighted by molar-refractivity contribution is -0.143. The molecule has 2 heterocycles. The van der Waals surface area contributed by atoms with Crippen molar-refractivity contribution in [3.63, 3.8) is 0 Å². The van der Waals surface area contributed by atoms with Crippen molar-refractivity contribution in [2.75, 3.05) is 26.2 Å². The Bertz CT molecular complexity index is 510. The van der Waals surface area contributed by atoms with E-state index in [1.54, 1.807) is 0 Å². The summed E-state index contributed by atoms with van der Waals surface area (Å²) in [6, 6.07) is 1.50. The largest absolute Gasteiger partial charge is 0.401 e. The summed E-state index contributed by atoms with van der Waals surface area (Å²) in [6.45, 7) is 0.180. The van der Waals surface area contributed by atoms with Gasteiger partial charge in [0.15, 0.2) is 0 Å². The molecule has 8 heteroatoms. The maximum absolute atomic E-state index is 12.3. The first-order valence-electron chi connectivity index (χ1n) is 6.52. The number of halogens is 4. The van der Waals surface area contributed by atoms with E-state index >= 15 is 0 Å². The van der Waals surface area contributed by atoms with E-state index < -0.39 is 12.7 Å². The smallest absolute Gasteiger partial charge is 0.352 e. The first-order chi connectivity index (χ1) is 9.85. The Labute approximate surface area is 125 Å². The molecular weight excluding hydrogens is 307 g/mol. The molecule has 1 aliphatic rings. The number of alkyl halides is 3. The molecule has 1 atom stereocenters. The van der Waals surface area contributed by atoms with Gasteiger partial charge >= 0.3 is 6.18 Å². The molecule has 21 heavy (non-hydrogen) atoms. The van der Waals surface area contributed by atoms with Gasteiger partial charge in [-0.15, -0.1) is 0 Å². The van der Waals surface area contributed by atoms with E-state index in [2.05, 4.69) is 10.3 Å². The number of amides is 1. The molecule has 1 fully saturated rings. The van der Waals surface area contributed by atoms with Gasteiger partial charge < -0.3 is 5.32 Å². The van der Waals surface area contributed by atoms with E-state index in [1.807, 2.05) is 0 Å². The zero-order valence-electron chi connectivity index (χ0n) is 11.2. The van der Waals surface area contributed by atoms with E-state index in [0.29, 0.717) is 31.6 Å². The quantitative estimate of drug-likeness (QED) is 0.926. The summed E-state index contributed by atoms with van der Waals surface area (Å²) < 4.78 is 36.8. The Hall–Kier alpha value is -1.34. The minimum Gasteiger partial charge on any atom is -0.352 e. The zero-order chi connectivity index (χ0) is 15.5. The SMILES string of the molecule is O=C(NCC1CCN(CC(F)(F)F)C1)c1ccncc1Cl. The lowest BCUT2D eigenvalue weighted by Gasteiger charge is -2.18. The van der Waals surface area contributed by atoms with Crippen LogP contribution in [0.3, 0.4) is 0 Å². The van der Waals surface area contributed by atoms with Crippen LogP contribution in [0.25, 0.3) is 0 Å². The van der Waals surface area contributed by atoms with Crippen LogP contribution in [0.1, 0.15) is 16.8 Å². The first kappa shape index (κ1) is 16.0. The van der Waals surface area contributed by atoms with Crippen molar-refractivity contribution < 1.29 is 18.0 Å². The van der Waals surface area contributed by atoms with Crippen LogP contribution in [-0.4, -0.2) is 48.1 Å². The van der Waals surface area contributed by atoms with Crippen molar-refractivity contribution in [3.05, 3.63) is 29.0 Å². The molecule has 1 unspecified atom stereocenters. The highest BCUT2D eigenvalue weighted by Crippen LogP contribution is 2.22. The van der Waals surface area contributed by atoms with Crippen molar-refractivity contribution in [2.24, 2.45) is 5.92 Å². The topological polar surface area (TPSA) is 45.2 Å². The van der Waals surface area contributed by atoms with Crippen LogP contribution in [0.5, 0.6) is 0 Å². The molecule has 0 aromatic carbocycles. The number of nitrogens with one attached hydrogen (secondary N) is 1. The summed E-state index contributed by atoms with van der Waals surface area (Å²) in [5.41, 5.74) is 0.316. The van der Waals surface area contributed by atoms with Crippen LogP contribution in [0.4, 0.5) is 13.2 Å². The molecule has 0 radical (unpaired) electrons. The molecule has 1 N–H and O–H groups in total. The summed E-state index contributed by atoms with van der Waals surface area (Å²) in [6.07, 6.45) is -0.707. The zero-order valence-corrected chi connectivity index (χ0v) is 11.9. The second kappa shape index (κ2) is 6.62. The number of pyridine rings is 1. The van der Waals surface area contributed by atoms with Gasteiger partial charge in [0.05, 0.1) is 17.1 Å². The van der Waals surface area contributed by atoms with E-state index in [9.17, 15) is 18.0 Å². The van der Waals surface area contributed by atoms with Crippen LogP contribution < -0.4 is 5.32 Å². The molecular formula is C13H15ClF3N3O. The molecule has 1 aliphatic heterocycles. The summed E-state index contributed by atoms with van der Waals surface area (Å²) in [4.78, 5) is 17.1. The second-order valence-electron chi connectivity index (χ2n) is 5.07. The summed E-state index contributed by atoms with van der Waals surface area (Å²) in [5.74, 6) is -0.311. The molecule has 1 aromatic heterocycles. The van der Waals surface area contributed by atoms with E-state index in [-0.39, 0.29) is 16.8 Å². The lowest BCUT2D eigenvalue weighted by Crippen LogP contribution is -2.34. The molecule has 0 aliphatic carbocycles. The molecule has 116 valence electrons. The van der Waals surface area contributed by atoms with Gasteiger partial charge in [0, 0.05) is 25.5 Å². The maximum atomic E-state index is 12.3. The fourth-order valence-corrected chi connectivity index (χ4v) is 2.57. The van der Waals surface area contributed by atoms with E-state index in [4.69, 9.17) is 11.6 Å². The number of aromatic nitrogens is 1. The molecule has 1 amide bonds. The molecule has 1 aromatic rings. The number of likely N-dealkylation sites (tertiary alicyclic amines) is 1. The summed E-state index contributed by atoms with van der Waals surface area (Å²) in [7, 11) is 0. The molecule has 0 saturated carbocycles. The Morgan fingerprint density at radius 1 is 1.52 bits per heavy atom. The van der Waals surface area contributed by atoms with Crippen molar-refractivity contribution >= 4 is 17.5 Å². The number of carbonyl (C=O) groups is 1. The van der Waals surface area contributed by atoms with Gasteiger partial charge in [-0.3, -0.25) is 14.7 Å². The maximum Gasteiger partial charge on any atom is 0.401 e. The van der Waals surface area contributed by atoms with Crippen molar-refractivity contribution in [1.82, 2.24) is 15.2 Å². The number of hydrogen-bond acceptors (Lipinski definition) is 3. The van der Waals surface area contributed by atoms with Crippen LogP contribution in [0, 0.1) is 5.92 Å². The molecule has 1 saturated heterocycles. The normalized spacial score (nSPS) is 19.7. The Morgan fingerprint density at radius 3 is 2.95 bits per heavy atom. The third-order valence-electron chi connectivity index (χ3n) is 3.34. The fourth-order valence-electron chi connectivity index (χ4n) is 2.37. The van der Waals surface area contributed by atoms with Gasteiger partial charge in [0.1, 0.15) is 0 Å². The van der Waals surface area contributed by atoms with Gasteiger partial charge in [0.2, 0.25) is 0 Å². The predicted molar refractivity (Wildman–Crippen MR) is 72.2 cm³/mol. The van der Waals surface area contributed by atoms with Gasteiger partial charge in [-0.25, -0.2) is 0 Å². The van der Waals surface area contributed by atoms with Crippen molar-refractivity contribution in [2.45, 2.75) is 12.6 Å². The minimum atomic E-state index is -4.18. The van der Waals surface area contributed by atoms with Crippen LogP contribution >= 0.6 is 11.6 Å². The first-order valence-corrected chi connectivity index (χ1v) is 6.90. The van der Waals surface area contributed by atoms with E-state index in [0.717, 1.165) is 0 Å². The van der Waals surface area contributed by atoms with Crippen molar-refractivity contribution in [3.8, 4) is 0 Å². The third kappa shape index (κ3) is 4.86. The molecule has 0 spiro atoms.